The standard InChI is InChI=1S/C33H43N3O5S.ClH/c1-42(39,40)29-13-11-25(12-14-29)21-35-20-17-33(31(35)37)15-18-34(19-16-33)22-27-23-36(32(38)41-28-9-5-6-10-28)24-30(27)26-7-3-2-4-8-26;/h2-4,7-8,11-14,27-28,30H,5-6,9-10,15-24H2,1H3;1H/t27-,30?;/m0./s1. The fourth-order valence-electron chi connectivity index (χ4n) is 7.57. The van der Waals surface area contributed by atoms with Crippen LogP contribution in [0.3, 0.4) is 0 Å². The number of likely N-dealkylation sites (tertiary alicyclic amines) is 3. The number of hydrogen-bond acceptors (Lipinski definition) is 6. The molecule has 1 unspecified atom stereocenters. The van der Waals surface area contributed by atoms with E-state index in [4.69, 9.17) is 4.74 Å². The molecule has 4 aliphatic rings. The van der Waals surface area contributed by atoms with Gasteiger partial charge < -0.3 is 19.4 Å². The first-order valence-electron chi connectivity index (χ1n) is 15.5. The minimum absolute atomic E-state index is 0. The Kier molecular flexibility index (Phi) is 9.73. The Morgan fingerprint density at radius 1 is 0.930 bits per heavy atom. The maximum absolute atomic E-state index is 13.6. The lowest BCUT2D eigenvalue weighted by Crippen LogP contribution is -2.46. The van der Waals surface area contributed by atoms with Gasteiger partial charge in [-0.2, -0.15) is 0 Å². The highest BCUT2D eigenvalue weighted by Gasteiger charge is 2.48. The van der Waals surface area contributed by atoms with Crippen LogP contribution in [0, 0.1) is 11.3 Å². The maximum atomic E-state index is 13.6. The molecule has 8 nitrogen and oxygen atoms in total. The van der Waals surface area contributed by atoms with E-state index in [-0.39, 0.29) is 41.8 Å². The van der Waals surface area contributed by atoms with Crippen LogP contribution in [-0.2, 0) is 25.9 Å². The van der Waals surface area contributed by atoms with Crippen molar-refractivity contribution in [2.45, 2.75) is 68.4 Å². The van der Waals surface area contributed by atoms with Crippen LogP contribution in [0.1, 0.15) is 62.0 Å². The first kappa shape index (κ1) is 31.8. The van der Waals surface area contributed by atoms with Gasteiger partial charge in [0.1, 0.15) is 6.10 Å². The van der Waals surface area contributed by atoms with Crippen LogP contribution in [0.25, 0.3) is 0 Å². The summed E-state index contributed by atoms with van der Waals surface area (Å²) < 4.78 is 29.4. The van der Waals surface area contributed by atoms with Gasteiger partial charge in [0.15, 0.2) is 9.84 Å². The summed E-state index contributed by atoms with van der Waals surface area (Å²) in [5.74, 6) is 0.831. The highest BCUT2D eigenvalue weighted by molar-refractivity contribution is 7.90. The molecular weight excluding hydrogens is 586 g/mol. The number of amides is 2. The summed E-state index contributed by atoms with van der Waals surface area (Å²) in [6.07, 6.45) is 7.93. The zero-order chi connectivity index (χ0) is 29.3. The average Bonchev–Trinajstić information content (AvgIpc) is 3.72. The van der Waals surface area contributed by atoms with Gasteiger partial charge >= 0.3 is 6.09 Å². The number of sulfone groups is 1. The Morgan fingerprint density at radius 2 is 1.58 bits per heavy atom. The zero-order valence-corrected chi connectivity index (χ0v) is 26.7. The van der Waals surface area contributed by atoms with Gasteiger partial charge in [0.25, 0.3) is 0 Å². The van der Waals surface area contributed by atoms with Gasteiger partial charge in [-0.05, 0) is 87.2 Å². The minimum Gasteiger partial charge on any atom is -0.446 e. The third-order valence-corrected chi connectivity index (χ3v) is 11.3. The van der Waals surface area contributed by atoms with E-state index in [1.54, 1.807) is 12.1 Å². The monoisotopic (exact) mass is 629 g/mol. The lowest BCUT2D eigenvalue weighted by Gasteiger charge is -2.39. The molecule has 3 saturated heterocycles. The van der Waals surface area contributed by atoms with Gasteiger partial charge in [-0.25, -0.2) is 13.2 Å². The van der Waals surface area contributed by atoms with Crippen molar-refractivity contribution in [1.29, 1.82) is 0 Å². The number of ether oxygens (including phenoxy) is 1. The molecule has 6 rings (SSSR count). The van der Waals surface area contributed by atoms with Crippen LogP contribution in [0.4, 0.5) is 4.79 Å². The Labute approximate surface area is 262 Å². The summed E-state index contributed by atoms with van der Waals surface area (Å²) in [5, 5.41) is 0. The van der Waals surface area contributed by atoms with Crippen LogP contribution in [0.2, 0.25) is 0 Å². The maximum Gasteiger partial charge on any atom is 0.410 e. The van der Waals surface area contributed by atoms with Crippen molar-refractivity contribution >= 4 is 34.2 Å². The number of nitrogens with zero attached hydrogens (tertiary/aromatic N) is 3. The number of benzene rings is 2. The predicted octanol–water partition coefficient (Wildman–Crippen LogP) is 5.12. The fourth-order valence-corrected chi connectivity index (χ4v) is 8.20. The molecular formula is C33H44ClN3O5S. The lowest BCUT2D eigenvalue weighted by atomic mass is 9.76. The van der Waals surface area contributed by atoms with E-state index in [1.807, 2.05) is 28.0 Å². The summed E-state index contributed by atoms with van der Waals surface area (Å²) in [7, 11) is -3.24. The second-order valence-electron chi connectivity index (χ2n) is 12.9. The van der Waals surface area contributed by atoms with Crippen LogP contribution in [0.5, 0.6) is 0 Å². The van der Waals surface area contributed by atoms with E-state index in [0.29, 0.717) is 30.4 Å². The van der Waals surface area contributed by atoms with Crippen LogP contribution in [0.15, 0.2) is 59.5 Å². The number of carbonyl (C=O) groups excluding carboxylic acids is 2. The molecule has 2 aromatic rings. The zero-order valence-electron chi connectivity index (χ0n) is 25.0. The molecule has 1 saturated carbocycles. The summed E-state index contributed by atoms with van der Waals surface area (Å²) in [5.41, 5.74) is 1.93. The SMILES string of the molecule is CS(=O)(=O)c1ccc(CN2CCC3(CCN(C[C@H]4CN(C(=O)OC5CCCC5)CC4c4ccccc4)CC3)C2=O)cc1.Cl. The highest BCUT2D eigenvalue weighted by Crippen LogP contribution is 2.43. The molecule has 0 aromatic heterocycles. The van der Waals surface area contributed by atoms with Crippen molar-refractivity contribution in [3.8, 4) is 0 Å². The molecule has 3 aliphatic heterocycles. The second-order valence-corrected chi connectivity index (χ2v) is 15.0. The number of piperidine rings is 1. The summed E-state index contributed by atoms with van der Waals surface area (Å²) in [4.78, 5) is 33.3. The van der Waals surface area contributed by atoms with Crippen LogP contribution in [-0.4, -0.2) is 86.7 Å². The molecule has 10 heteroatoms. The normalized spacial score (nSPS) is 24.4. The first-order valence-corrected chi connectivity index (χ1v) is 17.4. The first-order chi connectivity index (χ1) is 20.2. The Bertz CT molecular complexity index is 1370. The number of hydrogen-bond donors (Lipinski definition) is 0. The average molecular weight is 630 g/mol. The van der Waals surface area contributed by atoms with Gasteiger partial charge in [0, 0.05) is 44.9 Å². The lowest BCUT2D eigenvalue weighted by molar-refractivity contribution is -0.139. The van der Waals surface area contributed by atoms with Gasteiger partial charge in [-0.15, -0.1) is 12.4 Å². The van der Waals surface area contributed by atoms with Crippen molar-refractivity contribution in [2.24, 2.45) is 11.3 Å². The van der Waals surface area contributed by atoms with Crippen molar-refractivity contribution in [2.75, 3.05) is 45.5 Å². The fraction of sp³-hybridized carbons (Fsp3) is 0.576. The van der Waals surface area contributed by atoms with E-state index < -0.39 is 9.84 Å². The van der Waals surface area contributed by atoms with E-state index in [9.17, 15) is 18.0 Å². The van der Waals surface area contributed by atoms with Gasteiger partial charge in [0.2, 0.25) is 5.91 Å². The number of halogens is 1. The highest BCUT2D eigenvalue weighted by atomic mass is 35.5. The summed E-state index contributed by atoms with van der Waals surface area (Å²) in [6.45, 7) is 5.33. The smallest absolute Gasteiger partial charge is 0.410 e. The topological polar surface area (TPSA) is 87.2 Å². The molecule has 1 aliphatic carbocycles. The third-order valence-electron chi connectivity index (χ3n) is 10.1. The van der Waals surface area contributed by atoms with E-state index in [0.717, 1.165) is 76.7 Å². The van der Waals surface area contributed by atoms with Crippen molar-refractivity contribution < 1.29 is 22.7 Å². The molecule has 2 aromatic carbocycles. The van der Waals surface area contributed by atoms with Crippen molar-refractivity contribution in [1.82, 2.24) is 14.7 Å². The van der Waals surface area contributed by atoms with Gasteiger partial charge in [-0.3, -0.25) is 4.79 Å². The van der Waals surface area contributed by atoms with E-state index >= 15 is 0 Å². The molecule has 2 atom stereocenters. The van der Waals surface area contributed by atoms with Gasteiger partial charge in [-0.1, -0.05) is 42.5 Å². The largest absolute Gasteiger partial charge is 0.446 e. The van der Waals surface area contributed by atoms with Gasteiger partial charge in [0.05, 0.1) is 10.3 Å². The quantitative estimate of drug-likeness (QED) is 0.423. The number of rotatable bonds is 7. The molecule has 43 heavy (non-hydrogen) atoms. The van der Waals surface area contributed by atoms with E-state index in [1.165, 1.54) is 11.8 Å². The van der Waals surface area contributed by atoms with Crippen LogP contribution >= 0.6 is 12.4 Å². The summed E-state index contributed by atoms with van der Waals surface area (Å²) >= 11 is 0. The molecule has 4 fully saturated rings. The molecule has 1 spiro atoms. The summed E-state index contributed by atoms with van der Waals surface area (Å²) in [6, 6.07) is 17.4. The Hall–Kier alpha value is -2.62. The molecule has 0 radical (unpaired) electrons. The van der Waals surface area contributed by atoms with Crippen molar-refractivity contribution in [3.63, 3.8) is 0 Å². The molecule has 0 N–H and O–H groups in total. The Balaban J connectivity index is 0.00000368. The van der Waals surface area contributed by atoms with Crippen molar-refractivity contribution in [3.05, 3.63) is 65.7 Å². The molecule has 0 bridgehead atoms. The number of carbonyl (C=O) groups is 2. The molecule has 2 amide bonds. The minimum atomic E-state index is -3.24. The second kappa shape index (κ2) is 13.2. The Morgan fingerprint density at radius 3 is 2.23 bits per heavy atom. The van der Waals surface area contributed by atoms with E-state index in [2.05, 4.69) is 29.2 Å². The molecule has 3 heterocycles. The third kappa shape index (κ3) is 7.04. The molecule has 234 valence electrons. The predicted molar refractivity (Wildman–Crippen MR) is 168 cm³/mol. The van der Waals surface area contributed by atoms with Crippen LogP contribution < -0.4 is 0 Å².